The van der Waals surface area contributed by atoms with Gasteiger partial charge >= 0.3 is 5.97 Å². The van der Waals surface area contributed by atoms with Crippen molar-refractivity contribution < 1.29 is 9.90 Å². The third-order valence-corrected chi connectivity index (χ3v) is 4.96. The van der Waals surface area contributed by atoms with Crippen LogP contribution in [0.25, 0.3) is 28.6 Å². The van der Waals surface area contributed by atoms with Gasteiger partial charge in [0.15, 0.2) is 5.82 Å². The van der Waals surface area contributed by atoms with Crippen LogP contribution in [0.15, 0.2) is 35.8 Å². The van der Waals surface area contributed by atoms with E-state index in [4.69, 9.17) is 4.98 Å². The van der Waals surface area contributed by atoms with Crippen molar-refractivity contribution in [3.63, 3.8) is 0 Å². The highest BCUT2D eigenvalue weighted by atomic mass is 16.4. The maximum absolute atomic E-state index is 11.2. The highest BCUT2D eigenvalue weighted by molar-refractivity contribution is 5.93. The number of aromatic nitrogens is 3. The molecule has 1 saturated carbocycles. The molecule has 6 nitrogen and oxygen atoms in total. The number of carboxylic acid groups (broad SMARTS) is 1. The van der Waals surface area contributed by atoms with Gasteiger partial charge in [-0.05, 0) is 49.7 Å². The zero-order valence-corrected chi connectivity index (χ0v) is 14.6. The van der Waals surface area contributed by atoms with Gasteiger partial charge in [-0.1, -0.05) is 12.7 Å². The Balaban J connectivity index is 1.92. The maximum atomic E-state index is 11.2. The molecule has 1 aliphatic rings. The Hall–Kier alpha value is -3.15. The van der Waals surface area contributed by atoms with Crippen LogP contribution in [0.2, 0.25) is 0 Å². The maximum Gasteiger partial charge on any atom is 0.335 e. The van der Waals surface area contributed by atoms with Gasteiger partial charge in [0, 0.05) is 19.2 Å². The largest absolute Gasteiger partial charge is 0.478 e. The van der Waals surface area contributed by atoms with Gasteiger partial charge in [0.25, 0.3) is 0 Å². The summed E-state index contributed by atoms with van der Waals surface area (Å²) < 4.78 is 4.14. The average molecular weight is 348 g/mol. The molecule has 1 N–H and O–H groups in total. The molecule has 0 amide bonds. The third kappa shape index (κ3) is 2.54. The minimum atomic E-state index is -0.955. The molecule has 2 heterocycles. The second-order valence-electron chi connectivity index (χ2n) is 6.73. The van der Waals surface area contributed by atoms with E-state index in [-0.39, 0.29) is 5.56 Å². The first kappa shape index (κ1) is 16.3. The fourth-order valence-corrected chi connectivity index (χ4v) is 3.38. The number of aryl methyl sites for hydroxylation is 1. The molecule has 1 fully saturated rings. The summed E-state index contributed by atoms with van der Waals surface area (Å²) in [6, 6.07) is 7.03. The Morgan fingerprint density at radius 1 is 1.42 bits per heavy atom. The van der Waals surface area contributed by atoms with Crippen molar-refractivity contribution in [3.8, 4) is 11.5 Å². The Morgan fingerprint density at radius 3 is 2.81 bits per heavy atom. The van der Waals surface area contributed by atoms with E-state index < -0.39 is 5.97 Å². The fraction of sp³-hybridized carbons (Fsp3) is 0.250. The number of hydrogen-bond acceptors (Lipinski definition) is 3. The first-order chi connectivity index (χ1) is 12.5. The molecule has 0 atom stereocenters. The van der Waals surface area contributed by atoms with Crippen molar-refractivity contribution in [1.29, 1.82) is 0 Å². The van der Waals surface area contributed by atoms with Gasteiger partial charge in [0.1, 0.15) is 5.82 Å². The molecule has 0 unspecified atom stereocenters. The molecule has 0 radical (unpaired) electrons. The number of nitrogens with zero attached hydrogens (tertiary/aromatic N) is 4. The molecule has 0 spiro atoms. The summed E-state index contributed by atoms with van der Waals surface area (Å²) in [4.78, 5) is 20.2. The number of rotatable bonds is 6. The van der Waals surface area contributed by atoms with Crippen molar-refractivity contribution in [1.82, 2.24) is 14.1 Å². The Kier molecular flexibility index (Phi) is 3.76. The minimum Gasteiger partial charge on any atom is -0.478 e. The molecule has 6 heteroatoms. The predicted octanol–water partition coefficient (Wildman–Crippen LogP) is 4.13. The number of imidazole rings is 1. The molecule has 0 aliphatic heterocycles. The molecule has 4 rings (SSSR count). The van der Waals surface area contributed by atoms with E-state index in [1.54, 1.807) is 24.3 Å². The highest BCUT2D eigenvalue weighted by Gasteiger charge is 2.26. The summed E-state index contributed by atoms with van der Waals surface area (Å²) in [5.74, 6) is 1.29. The van der Waals surface area contributed by atoms with E-state index in [0.717, 1.165) is 35.0 Å². The normalized spacial score (nSPS) is 13.9. The van der Waals surface area contributed by atoms with Gasteiger partial charge in [-0.25, -0.2) is 14.8 Å². The number of hydrogen-bond donors (Lipinski definition) is 1. The lowest BCUT2D eigenvalue weighted by Crippen LogP contribution is -2.04. The van der Waals surface area contributed by atoms with Crippen molar-refractivity contribution in [2.24, 2.45) is 18.0 Å². The number of carbonyl (C=O) groups is 1. The number of carboxylic acids is 1. The van der Waals surface area contributed by atoms with E-state index in [2.05, 4.69) is 22.9 Å². The zero-order chi connectivity index (χ0) is 18.4. The third-order valence-electron chi connectivity index (χ3n) is 4.96. The molecular weight excluding hydrogens is 328 g/mol. The number of benzene rings is 1. The van der Waals surface area contributed by atoms with Gasteiger partial charge < -0.3 is 14.2 Å². The quantitative estimate of drug-likeness (QED) is 0.681. The summed E-state index contributed by atoms with van der Waals surface area (Å²) in [5.41, 5.74) is 3.65. The van der Waals surface area contributed by atoms with E-state index >= 15 is 0 Å². The SMILES string of the molecule is C=Cc1cc(-c2nc3cc(C(=O)O)ccc3n2C)n(CC2CC2)c1N=C. The number of aliphatic imine (C=N–C) groups is 1. The molecular formula is C20H20N4O2. The second kappa shape index (κ2) is 5.98. The van der Waals surface area contributed by atoms with Crippen LogP contribution in [-0.2, 0) is 13.6 Å². The molecule has 3 aromatic rings. The van der Waals surface area contributed by atoms with E-state index in [9.17, 15) is 9.90 Å². The lowest BCUT2D eigenvalue weighted by molar-refractivity contribution is 0.0697. The van der Waals surface area contributed by atoms with Crippen LogP contribution in [0.4, 0.5) is 5.82 Å². The van der Waals surface area contributed by atoms with E-state index in [0.29, 0.717) is 11.4 Å². The molecule has 0 saturated heterocycles. The number of fused-ring (bicyclic) bond motifs is 1. The lowest BCUT2D eigenvalue weighted by atomic mass is 10.2. The van der Waals surface area contributed by atoms with E-state index in [1.807, 2.05) is 17.7 Å². The molecule has 2 aromatic heterocycles. The predicted molar refractivity (Wildman–Crippen MR) is 103 cm³/mol. The molecule has 26 heavy (non-hydrogen) atoms. The molecule has 1 aromatic carbocycles. The van der Waals surface area contributed by atoms with Crippen molar-refractivity contribution >= 4 is 35.6 Å². The second-order valence-corrected chi connectivity index (χ2v) is 6.73. The van der Waals surface area contributed by atoms with Crippen LogP contribution in [0.3, 0.4) is 0 Å². The summed E-state index contributed by atoms with van der Waals surface area (Å²) in [7, 11) is 1.94. The fourth-order valence-electron chi connectivity index (χ4n) is 3.38. The van der Waals surface area contributed by atoms with Gasteiger partial charge in [-0.15, -0.1) is 0 Å². The summed E-state index contributed by atoms with van der Waals surface area (Å²) in [6.07, 6.45) is 4.23. The van der Waals surface area contributed by atoms with E-state index in [1.165, 1.54) is 12.8 Å². The van der Waals surface area contributed by atoms with Crippen LogP contribution >= 0.6 is 0 Å². The van der Waals surface area contributed by atoms with Gasteiger partial charge in [0.2, 0.25) is 0 Å². The monoisotopic (exact) mass is 348 g/mol. The van der Waals surface area contributed by atoms with Crippen LogP contribution < -0.4 is 0 Å². The Bertz CT molecular complexity index is 1050. The van der Waals surface area contributed by atoms with Crippen molar-refractivity contribution in [3.05, 3.63) is 42.0 Å². The number of aromatic carboxylic acids is 1. The average Bonchev–Trinajstić information content (AvgIpc) is 3.30. The zero-order valence-electron chi connectivity index (χ0n) is 14.6. The van der Waals surface area contributed by atoms with Crippen molar-refractivity contribution in [2.75, 3.05) is 0 Å². The first-order valence-electron chi connectivity index (χ1n) is 8.56. The van der Waals surface area contributed by atoms with Gasteiger partial charge in [0.05, 0.1) is 22.3 Å². The van der Waals surface area contributed by atoms with Gasteiger partial charge in [-0.3, -0.25) is 0 Å². The van der Waals surface area contributed by atoms with Crippen LogP contribution in [0, 0.1) is 5.92 Å². The topological polar surface area (TPSA) is 72.4 Å². The molecule has 132 valence electrons. The van der Waals surface area contributed by atoms with Crippen LogP contribution in [0.5, 0.6) is 0 Å². The molecule has 1 aliphatic carbocycles. The van der Waals surface area contributed by atoms with Crippen molar-refractivity contribution in [2.45, 2.75) is 19.4 Å². The highest BCUT2D eigenvalue weighted by Crippen LogP contribution is 2.38. The minimum absolute atomic E-state index is 0.232. The smallest absolute Gasteiger partial charge is 0.335 e. The Labute approximate surface area is 151 Å². The summed E-state index contributed by atoms with van der Waals surface area (Å²) in [5, 5.41) is 9.22. The summed E-state index contributed by atoms with van der Waals surface area (Å²) in [6.45, 7) is 8.48. The van der Waals surface area contributed by atoms with Crippen LogP contribution in [0.1, 0.15) is 28.8 Å². The molecule has 0 bridgehead atoms. The lowest BCUT2D eigenvalue weighted by Gasteiger charge is -2.11. The van der Waals surface area contributed by atoms with Crippen LogP contribution in [-0.4, -0.2) is 31.9 Å². The summed E-state index contributed by atoms with van der Waals surface area (Å²) >= 11 is 0. The standard InChI is InChI=1S/C20H20N4O2/c1-4-13-10-17(24(18(13)21-2)11-12-5-6-12)19-22-15-9-14(20(25)26)7-8-16(15)23(19)3/h4,7-10,12H,1-2,5-6,11H2,3H3,(H,25,26). The Morgan fingerprint density at radius 2 is 2.19 bits per heavy atom. The first-order valence-corrected chi connectivity index (χ1v) is 8.56. The van der Waals surface area contributed by atoms with Gasteiger partial charge in [-0.2, -0.15) is 0 Å².